The third-order valence-electron chi connectivity index (χ3n) is 4.71. The number of rotatable bonds is 3. The van der Waals surface area contributed by atoms with Gasteiger partial charge in [-0.1, -0.05) is 32.1 Å². The van der Waals surface area contributed by atoms with E-state index in [1.54, 1.807) is 0 Å². The summed E-state index contributed by atoms with van der Waals surface area (Å²) in [4.78, 5) is 13.2. The maximum atomic E-state index is 11.1. The second kappa shape index (κ2) is 7.72. The minimum absolute atomic E-state index is 0.238. The van der Waals surface area contributed by atoms with E-state index in [9.17, 15) is 4.79 Å². The van der Waals surface area contributed by atoms with E-state index in [2.05, 4.69) is 16.2 Å². The molecule has 19 heavy (non-hydrogen) atoms. The standard InChI is InChI=1S/C16H28N2O/c1-18-11-7-10-15(16(18)13-19)17-12-14-8-5-3-2-4-6-9-14/h14-15,17H,2-12H2,1H3. The first-order valence-corrected chi connectivity index (χ1v) is 8.01. The summed E-state index contributed by atoms with van der Waals surface area (Å²) in [6, 6.07) is 0.238. The van der Waals surface area contributed by atoms with Crippen LogP contribution in [0.5, 0.6) is 0 Å². The summed E-state index contributed by atoms with van der Waals surface area (Å²) in [6.45, 7) is 2.07. The quantitative estimate of drug-likeness (QED) is 0.796. The zero-order chi connectivity index (χ0) is 13.5. The molecular weight excluding hydrogens is 236 g/mol. The van der Waals surface area contributed by atoms with Gasteiger partial charge in [0.15, 0.2) is 0 Å². The molecule has 0 aromatic heterocycles. The van der Waals surface area contributed by atoms with Crippen molar-refractivity contribution in [1.29, 1.82) is 0 Å². The number of hydrogen-bond acceptors (Lipinski definition) is 3. The third kappa shape index (κ3) is 4.36. The lowest BCUT2D eigenvalue weighted by molar-refractivity contribution is 0.277. The molecule has 108 valence electrons. The number of likely N-dealkylation sites (N-methyl/N-ethyl adjacent to an activating group) is 1. The van der Waals surface area contributed by atoms with Crippen LogP contribution in [0.4, 0.5) is 0 Å². The summed E-state index contributed by atoms with van der Waals surface area (Å²) in [7, 11) is 2.00. The first-order valence-electron chi connectivity index (χ1n) is 8.01. The number of carbonyl (C=O) groups excluding carboxylic acids is 1. The van der Waals surface area contributed by atoms with Crippen molar-refractivity contribution in [3.63, 3.8) is 0 Å². The number of nitrogens with zero attached hydrogens (tertiary/aromatic N) is 1. The molecule has 0 spiro atoms. The van der Waals surface area contributed by atoms with Gasteiger partial charge in [-0.05, 0) is 38.1 Å². The molecule has 1 atom stereocenters. The SMILES string of the molecule is CN1CCCC(NCC2CCCCCCC2)C1=C=O. The third-order valence-corrected chi connectivity index (χ3v) is 4.71. The van der Waals surface area contributed by atoms with Gasteiger partial charge in [-0.25, -0.2) is 4.79 Å². The molecule has 0 amide bonds. The fourth-order valence-corrected chi connectivity index (χ4v) is 3.46. The maximum absolute atomic E-state index is 11.1. The van der Waals surface area contributed by atoms with Crippen molar-refractivity contribution in [3.05, 3.63) is 5.70 Å². The largest absolute Gasteiger partial charge is 0.368 e. The average Bonchev–Trinajstić information content (AvgIpc) is 2.37. The summed E-state index contributed by atoms with van der Waals surface area (Å²) in [6.07, 6.45) is 12.0. The first kappa shape index (κ1) is 14.6. The molecule has 0 aromatic rings. The van der Waals surface area contributed by atoms with Crippen molar-refractivity contribution in [3.8, 4) is 0 Å². The van der Waals surface area contributed by atoms with Gasteiger partial charge in [0.1, 0.15) is 11.6 Å². The molecule has 1 aliphatic carbocycles. The smallest absolute Gasteiger partial charge is 0.147 e. The Balaban J connectivity index is 1.81. The van der Waals surface area contributed by atoms with Crippen molar-refractivity contribution in [1.82, 2.24) is 10.2 Å². The van der Waals surface area contributed by atoms with E-state index in [0.717, 1.165) is 31.1 Å². The van der Waals surface area contributed by atoms with Crippen LogP contribution in [0.25, 0.3) is 0 Å². The van der Waals surface area contributed by atoms with E-state index < -0.39 is 0 Å². The van der Waals surface area contributed by atoms with E-state index in [4.69, 9.17) is 0 Å². The molecule has 2 fully saturated rings. The van der Waals surface area contributed by atoms with Crippen LogP contribution in [0.1, 0.15) is 57.8 Å². The van der Waals surface area contributed by atoms with Gasteiger partial charge in [-0.2, -0.15) is 0 Å². The van der Waals surface area contributed by atoms with Crippen molar-refractivity contribution in [2.45, 2.75) is 63.8 Å². The monoisotopic (exact) mass is 264 g/mol. The van der Waals surface area contributed by atoms with Crippen molar-refractivity contribution >= 4 is 5.94 Å². The predicted molar refractivity (Wildman–Crippen MR) is 78.7 cm³/mol. The zero-order valence-corrected chi connectivity index (χ0v) is 12.3. The summed E-state index contributed by atoms with van der Waals surface area (Å²) < 4.78 is 0. The van der Waals surface area contributed by atoms with E-state index in [1.165, 1.54) is 51.4 Å². The normalized spacial score (nSPS) is 26.7. The fourth-order valence-electron chi connectivity index (χ4n) is 3.46. The van der Waals surface area contributed by atoms with Gasteiger partial charge in [-0.15, -0.1) is 0 Å². The Kier molecular flexibility index (Phi) is 5.93. The Hall–Kier alpha value is -0.790. The van der Waals surface area contributed by atoms with Crippen LogP contribution in [-0.2, 0) is 4.79 Å². The van der Waals surface area contributed by atoms with Gasteiger partial charge in [0.05, 0.1) is 6.04 Å². The lowest BCUT2D eigenvalue weighted by Crippen LogP contribution is -2.44. The van der Waals surface area contributed by atoms with E-state index in [0.29, 0.717) is 0 Å². The van der Waals surface area contributed by atoms with Crippen LogP contribution in [-0.4, -0.2) is 37.0 Å². The van der Waals surface area contributed by atoms with Gasteiger partial charge >= 0.3 is 0 Å². The molecule has 3 nitrogen and oxygen atoms in total. The van der Waals surface area contributed by atoms with Crippen molar-refractivity contribution < 1.29 is 4.79 Å². The van der Waals surface area contributed by atoms with Gasteiger partial charge in [0, 0.05) is 13.6 Å². The number of likely N-dealkylation sites (tertiary alicyclic amines) is 1. The van der Waals surface area contributed by atoms with E-state index in [1.807, 2.05) is 7.05 Å². The fraction of sp³-hybridized carbons (Fsp3) is 0.875. The molecule has 1 saturated heterocycles. The molecule has 0 bridgehead atoms. The molecule has 2 aliphatic rings. The molecule has 1 N–H and O–H groups in total. The van der Waals surface area contributed by atoms with Crippen LogP contribution >= 0.6 is 0 Å². The Morgan fingerprint density at radius 1 is 1.11 bits per heavy atom. The highest BCUT2D eigenvalue weighted by atomic mass is 16.1. The van der Waals surface area contributed by atoms with Crippen LogP contribution in [0.3, 0.4) is 0 Å². The van der Waals surface area contributed by atoms with Crippen LogP contribution < -0.4 is 5.32 Å². The lowest BCUT2D eigenvalue weighted by Gasteiger charge is -2.33. The van der Waals surface area contributed by atoms with Gasteiger partial charge in [0.2, 0.25) is 0 Å². The molecular formula is C16H28N2O. The highest BCUT2D eigenvalue weighted by Crippen LogP contribution is 2.23. The molecule has 1 aliphatic heterocycles. The molecule has 1 unspecified atom stereocenters. The maximum Gasteiger partial charge on any atom is 0.147 e. The van der Waals surface area contributed by atoms with Crippen LogP contribution in [0, 0.1) is 5.92 Å². The molecule has 1 heterocycles. The molecule has 0 radical (unpaired) electrons. The Bertz CT molecular complexity index is 315. The second-order valence-corrected chi connectivity index (χ2v) is 6.22. The summed E-state index contributed by atoms with van der Waals surface area (Å²) in [5.41, 5.74) is 0.831. The minimum Gasteiger partial charge on any atom is -0.368 e. The topological polar surface area (TPSA) is 32.3 Å². The summed E-state index contributed by atoms with van der Waals surface area (Å²) >= 11 is 0. The number of piperidine rings is 1. The van der Waals surface area contributed by atoms with Crippen molar-refractivity contribution in [2.24, 2.45) is 5.92 Å². The van der Waals surface area contributed by atoms with Crippen LogP contribution in [0.15, 0.2) is 5.70 Å². The van der Waals surface area contributed by atoms with Gasteiger partial charge < -0.3 is 10.2 Å². The van der Waals surface area contributed by atoms with Crippen molar-refractivity contribution in [2.75, 3.05) is 20.1 Å². The predicted octanol–water partition coefficient (Wildman–Crippen LogP) is 2.75. The first-order chi connectivity index (χ1) is 9.31. The Labute approximate surface area is 117 Å². The van der Waals surface area contributed by atoms with Crippen LogP contribution in [0.2, 0.25) is 0 Å². The summed E-state index contributed by atoms with van der Waals surface area (Å²) in [5.74, 6) is 2.95. The Morgan fingerprint density at radius 2 is 1.79 bits per heavy atom. The average molecular weight is 264 g/mol. The zero-order valence-electron chi connectivity index (χ0n) is 12.3. The Morgan fingerprint density at radius 3 is 2.47 bits per heavy atom. The number of hydrogen-bond donors (Lipinski definition) is 1. The molecule has 0 aromatic carbocycles. The second-order valence-electron chi connectivity index (χ2n) is 6.22. The molecule has 2 rings (SSSR count). The highest BCUT2D eigenvalue weighted by molar-refractivity contribution is 5.54. The lowest BCUT2D eigenvalue weighted by atomic mass is 9.90. The summed E-state index contributed by atoms with van der Waals surface area (Å²) in [5, 5.41) is 3.63. The number of nitrogens with one attached hydrogen (secondary N) is 1. The van der Waals surface area contributed by atoms with Gasteiger partial charge in [0.25, 0.3) is 0 Å². The molecule has 3 heteroatoms. The minimum atomic E-state index is 0.238. The highest BCUT2D eigenvalue weighted by Gasteiger charge is 2.24. The van der Waals surface area contributed by atoms with E-state index in [-0.39, 0.29) is 6.04 Å². The molecule has 1 saturated carbocycles. The van der Waals surface area contributed by atoms with Gasteiger partial charge in [-0.3, -0.25) is 0 Å². The van der Waals surface area contributed by atoms with E-state index >= 15 is 0 Å².